The van der Waals surface area contributed by atoms with Gasteiger partial charge in [0.05, 0.1) is 19.1 Å². The van der Waals surface area contributed by atoms with Crippen LogP contribution in [-0.4, -0.2) is 54.8 Å². The lowest BCUT2D eigenvalue weighted by Gasteiger charge is -2.25. The number of guanidine groups is 1. The van der Waals surface area contributed by atoms with Crippen molar-refractivity contribution in [1.29, 1.82) is 5.41 Å². The number of rotatable bonds is 17. The Balaban J connectivity index is 1.59. The van der Waals surface area contributed by atoms with Crippen LogP contribution in [-0.2, 0) is 32.1 Å². The maximum Gasteiger partial charge on any atom is 0.245 e. The maximum atomic E-state index is 14.2. The summed E-state index contributed by atoms with van der Waals surface area (Å²) in [6.45, 7) is 0.293. The number of amidine groups is 1. The third-order valence-electron chi connectivity index (χ3n) is 7.83. The van der Waals surface area contributed by atoms with Crippen molar-refractivity contribution in [3.63, 3.8) is 0 Å². The molecule has 0 aromatic heterocycles. The average molecular weight is 651 g/mol. The van der Waals surface area contributed by atoms with Crippen molar-refractivity contribution >= 4 is 40.3 Å². The van der Waals surface area contributed by atoms with Gasteiger partial charge in [0.15, 0.2) is 5.96 Å². The summed E-state index contributed by atoms with van der Waals surface area (Å²) in [5.41, 5.74) is 25.1. The van der Waals surface area contributed by atoms with Gasteiger partial charge in [0.2, 0.25) is 17.7 Å². The van der Waals surface area contributed by atoms with Crippen LogP contribution in [0.25, 0.3) is 10.8 Å². The number of amides is 3. The summed E-state index contributed by atoms with van der Waals surface area (Å²) in [5, 5.41) is 15.3. The van der Waals surface area contributed by atoms with Crippen LogP contribution in [0.4, 0.5) is 0 Å². The van der Waals surface area contributed by atoms with E-state index in [0.29, 0.717) is 18.4 Å². The van der Waals surface area contributed by atoms with Gasteiger partial charge in [-0.05, 0) is 46.7 Å². The SMILES string of the molecule is N=C(N)c1ccc(C[C@@H](C(=O)N[C@@H](COCc2ccccc2)C(=O)N[C@@H](CCCN=C(N)N)C(N)=O)c2ccc3ccccc3c2)cc1. The number of nitrogens with one attached hydrogen (secondary N) is 3. The van der Waals surface area contributed by atoms with Crippen molar-refractivity contribution < 1.29 is 19.1 Å². The molecule has 250 valence electrons. The van der Waals surface area contributed by atoms with Gasteiger partial charge in [-0.2, -0.15) is 0 Å². The Hall–Kier alpha value is -5.75. The number of benzene rings is 4. The minimum atomic E-state index is -1.15. The number of fused-ring (bicyclic) bond motifs is 1. The minimum absolute atomic E-state index is 0.0553. The molecule has 4 rings (SSSR count). The fourth-order valence-electron chi connectivity index (χ4n) is 5.23. The fourth-order valence-corrected chi connectivity index (χ4v) is 5.23. The van der Waals surface area contributed by atoms with Gasteiger partial charge in [0.25, 0.3) is 0 Å². The molecule has 0 heterocycles. The monoisotopic (exact) mass is 650 g/mol. The molecule has 0 aliphatic rings. The third-order valence-corrected chi connectivity index (χ3v) is 7.83. The molecule has 4 aromatic carbocycles. The number of hydrogen-bond donors (Lipinski definition) is 7. The number of hydrogen-bond acceptors (Lipinski definition) is 6. The Morgan fingerprint density at radius 1 is 0.750 bits per heavy atom. The molecule has 4 aromatic rings. The van der Waals surface area contributed by atoms with Crippen LogP contribution in [0.3, 0.4) is 0 Å². The summed E-state index contributed by atoms with van der Waals surface area (Å²) < 4.78 is 5.90. The van der Waals surface area contributed by atoms with Crippen LogP contribution < -0.4 is 33.6 Å². The van der Waals surface area contributed by atoms with Gasteiger partial charge in [0.1, 0.15) is 17.9 Å². The van der Waals surface area contributed by atoms with Gasteiger partial charge in [0, 0.05) is 12.1 Å². The van der Waals surface area contributed by atoms with E-state index >= 15 is 0 Å². The predicted octanol–water partition coefficient (Wildman–Crippen LogP) is 2.18. The molecular weight excluding hydrogens is 608 g/mol. The van der Waals surface area contributed by atoms with Crippen molar-refractivity contribution in [2.45, 2.75) is 43.9 Å². The molecule has 11 N–H and O–H groups in total. The highest BCUT2D eigenvalue weighted by atomic mass is 16.5. The van der Waals surface area contributed by atoms with Crippen LogP contribution in [0.2, 0.25) is 0 Å². The number of nitrogen functional groups attached to an aromatic ring is 1. The fraction of sp³-hybridized carbons (Fsp3) is 0.250. The molecule has 48 heavy (non-hydrogen) atoms. The molecule has 0 radical (unpaired) electrons. The topological polar surface area (TPSA) is 225 Å². The van der Waals surface area contributed by atoms with Gasteiger partial charge in [-0.1, -0.05) is 97.1 Å². The third kappa shape index (κ3) is 10.4. The lowest BCUT2D eigenvalue weighted by molar-refractivity contribution is -0.133. The summed E-state index contributed by atoms with van der Waals surface area (Å²) in [4.78, 5) is 44.0. The lowest BCUT2D eigenvalue weighted by atomic mass is 9.89. The van der Waals surface area contributed by atoms with E-state index in [-0.39, 0.29) is 38.0 Å². The molecule has 0 aliphatic carbocycles. The Morgan fingerprint density at radius 3 is 2.08 bits per heavy atom. The van der Waals surface area contributed by atoms with Gasteiger partial charge < -0.3 is 38.3 Å². The zero-order valence-corrected chi connectivity index (χ0v) is 26.6. The Morgan fingerprint density at radius 2 is 1.42 bits per heavy atom. The number of nitrogens with zero attached hydrogens (tertiary/aromatic N) is 1. The van der Waals surface area contributed by atoms with Crippen molar-refractivity contribution in [2.75, 3.05) is 13.2 Å². The molecule has 0 spiro atoms. The van der Waals surface area contributed by atoms with Crippen LogP contribution in [0.15, 0.2) is 102 Å². The summed E-state index contributed by atoms with van der Waals surface area (Å²) in [6.07, 6.45) is 0.884. The van der Waals surface area contributed by atoms with Crippen LogP contribution in [0.5, 0.6) is 0 Å². The number of carbonyl (C=O) groups is 3. The first-order chi connectivity index (χ1) is 23.1. The van der Waals surface area contributed by atoms with Gasteiger partial charge in [-0.15, -0.1) is 0 Å². The summed E-state index contributed by atoms with van der Waals surface area (Å²) in [7, 11) is 0. The zero-order chi connectivity index (χ0) is 34.5. The number of aliphatic imine (C=N–C) groups is 1. The van der Waals surface area contributed by atoms with E-state index in [1.54, 1.807) is 12.1 Å². The summed E-state index contributed by atoms with van der Waals surface area (Å²) in [6, 6.07) is 28.0. The smallest absolute Gasteiger partial charge is 0.245 e. The van der Waals surface area contributed by atoms with Crippen LogP contribution in [0.1, 0.15) is 41.0 Å². The molecule has 0 saturated carbocycles. The predicted molar refractivity (Wildman–Crippen MR) is 187 cm³/mol. The molecule has 0 fully saturated rings. The second-order valence-corrected chi connectivity index (χ2v) is 11.4. The molecule has 0 bridgehead atoms. The molecule has 3 atom stereocenters. The van der Waals surface area contributed by atoms with E-state index in [4.69, 9.17) is 33.1 Å². The second-order valence-electron chi connectivity index (χ2n) is 11.4. The highest BCUT2D eigenvalue weighted by molar-refractivity contribution is 5.95. The van der Waals surface area contributed by atoms with E-state index in [1.807, 2.05) is 84.9 Å². The summed E-state index contributed by atoms with van der Waals surface area (Å²) >= 11 is 0. The van der Waals surface area contributed by atoms with Crippen molar-refractivity contribution in [3.05, 3.63) is 119 Å². The molecule has 3 amide bonds. The van der Waals surface area contributed by atoms with Gasteiger partial charge in [-0.3, -0.25) is 24.8 Å². The Bertz CT molecular complexity index is 1740. The Labute approximate surface area is 279 Å². The standard InChI is InChI=1S/C36H42N8O4/c37-32(38)26-14-12-23(13-15-26)19-29(28-17-16-25-9-4-5-10-27(25)20-28)34(46)44-31(22-48-21-24-7-2-1-3-8-24)35(47)43-30(33(39)45)11-6-18-42-36(40)41/h1-5,7-10,12-17,20,29-31H,6,11,18-19,21-22H2,(H3,37,38)(H2,39,45)(H,43,47)(H,44,46)(H4,40,41,42)/t29-,30+,31+/m1/s1. The van der Waals surface area contributed by atoms with Crippen molar-refractivity contribution in [3.8, 4) is 0 Å². The first-order valence-corrected chi connectivity index (χ1v) is 15.6. The van der Waals surface area contributed by atoms with Crippen LogP contribution in [0, 0.1) is 5.41 Å². The molecule has 0 saturated heterocycles. The number of primary amides is 1. The van der Waals surface area contributed by atoms with Crippen molar-refractivity contribution in [2.24, 2.45) is 27.9 Å². The van der Waals surface area contributed by atoms with E-state index in [0.717, 1.165) is 27.5 Å². The first kappa shape index (κ1) is 35.1. The van der Waals surface area contributed by atoms with E-state index in [9.17, 15) is 14.4 Å². The van der Waals surface area contributed by atoms with Gasteiger partial charge >= 0.3 is 0 Å². The van der Waals surface area contributed by atoms with Gasteiger partial charge in [-0.25, -0.2) is 0 Å². The maximum absolute atomic E-state index is 14.2. The summed E-state index contributed by atoms with van der Waals surface area (Å²) in [5.74, 6) is -2.60. The largest absolute Gasteiger partial charge is 0.384 e. The quantitative estimate of drug-likeness (QED) is 0.0512. The van der Waals surface area contributed by atoms with Crippen LogP contribution >= 0.6 is 0 Å². The normalized spacial score (nSPS) is 12.8. The van der Waals surface area contributed by atoms with E-state index in [2.05, 4.69) is 15.6 Å². The number of carbonyl (C=O) groups excluding carboxylic acids is 3. The molecular formula is C36H42N8O4. The average Bonchev–Trinajstić information content (AvgIpc) is 3.08. The second kappa shape index (κ2) is 17.2. The number of ether oxygens (including phenoxy) is 1. The zero-order valence-electron chi connectivity index (χ0n) is 26.6. The molecule has 12 nitrogen and oxygen atoms in total. The first-order valence-electron chi connectivity index (χ1n) is 15.6. The number of nitrogens with two attached hydrogens (primary N) is 4. The van der Waals surface area contributed by atoms with E-state index < -0.39 is 35.7 Å². The van der Waals surface area contributed by atoms with E-state index in [1.165, 1.54) is 0 Å². The molecule has 0 unspecified atom stereocenters. The molecule has 0 aliphatic heterocycles. The Kier molecular flexibility index (Phi) is 12.6. The minimum Gasteiger partial charge on any atom is -0.384 e. The van der Waals surface area contributed by atoms with Crippen molar-refractivity contribution in [1.82, 2.24) is 10.6 Å². The highest BCUT2D eigenvalue weighted by Crippen LogP contribution is 2.26. The lowest BCUT2D eigenvalue weighted by Crippen LogP contribution is -2.55. The molecule has 12 heteroatoms. The highest BCUT2D eigenvalue weighted by Gasteiger charge is 2.30.